The van der Waals surface area contributed by atoms with Crippen LogP contribution in [0.2, 0.25) is 0 Å². The van der Waals surface area contributed by atoms with E-state index in [0.717, 1.165) is 60.4 Å². The van der Waals surface area contributed by atoms with Gasteiger partial charge in [-0.3, -0.25) is 9.88 Å². The van der Waals surface area contributed by atoms with Gasteiger partial charge in [0.2, 0.25) is 0 Å². The van der Waals surface area contributed by atoms with E-state index in [1.165, 1.54) is 5.56 Å². The van der Waals surface area contributed by atoms with Crippen molar-refractivity contribution in [3.05, 3.63) is 58.4 Å². The highest BCUT2D eigenvalue weighted by Gasteiger charge is 2.29. The zero-order valence-electron chi connectivity index (χ0n) is 20.4. The highest BCUT2D eigenvalue weighted by atomic mass is 32.1. The highest BCUT2D eigenvalue weighted by Crippen LogP contribution is 2.35. The normalized spacial score (nSPS) is 19.7. The Labute approximate surface area is 207 Å². The van der Waals surface area contributed by atoms with Gasteiger partial charge >= 0.3 is 0 Å². The maximum absolute atomic E-state index is 10.2. The molecule has 0 radical (unpaired) electrons. The lowest BCUT2D eigenvalue weighted by atomic mass is 9.81. The zero-order chi connectivity index (χ0) is 23.9. The lowest BCUT2D eigenvalue weighted by Gasteiger charge is -2.38. The van der Waals surface area contributed by atoms with E-state index in [-0.39, 0.29) is 12.6 Å². The maximum Gasteiger partial charge on any atom is 0.119 e. The lowest BCUT2D eigenvalue weighted by Crippen LogP contribution is -2.42. The van der Waals surface area contributed by atoms with E-state index in [0.29, 0.717) is 11.8 Å². The number of hydrogen-bond donors (Lipinski definition) is 1. The molecule has 3 aromatic rings. The first-order valence-electron chi connectivity index (χ1n) is 12.0. The van der Waals surface area contributed by atoms with Crippen LogP contribution in [0.4, 0.5) is 0 Å². The monoisotopic (exact) mass is 477 g/mol. The summed E-state index contributed by atoms with van der Waals surface area (Å²) in [6, 6.07) is 12.6. The number of aliphatic hydroxyl groups excluding tert-OH is 1. The molecule has 1 aliphatic rings. The number of aromatic nitrogens is 1. The van der Waals surface area contributed by atoms with E-state index in [1.807, 2.05) is 24.4 Å². The Morgan fingerprint density at radius 3 is 2.88 bits per heavy atom. The number of benzene rings is 1. The number of rotatable bonds is 8. The number of piperidine rings is 1. The molecule has 5 nitrogen and oxygen atoms in total. The van der Waals surface area contributed by atoms with Gasteiger partial charge in [0, 0.05) is 30.8 Å². The number of aliphatic hydroxyl groups is 1. The summed E-state index contributed by atoms with van der Waals surface area (Å²) in [4.78, 5) is 10.4. The molecule has 0 amide bonds. The summed E-state index contributed by atoms with van der Waals surface area (Å²) >= 11 is 1.68. The predicted molar refractivity (Wildman–Crippen MR) is 140 cm³/mol. The quantitative estimate of drug-likeness (QED) is 0.478. The third-order valence-corrected chi connectivity index (χ3v) is 7.81. The van der Waals surface area contributed by atoms with Gasteiger partial charge < -0.3 is 14.7 Å². The molecule has 1 N–H and O–H groups in total. The smallest absolute Gasteiger partial charge is 0.119 e. The maximum atomic E-state index is 10.2. The summed E-state index contributed by atoms with van der Waals surface area (Å²) in [6.07, 6.45) is 5.16. The van der Waals surface area contributed by atoms with E-state index in [9.17, 15) is 5.11 Å². The third-order valence-electron chi connectivity index (χ3n) is 7.02. The molecular weight excluding hydrogens is 442 g/mol. The van der Waals surface area contributed by atoms with E-state index < -0.39 is 0 Å². The van der Waals surface area contributed by atoms with E-state index >= 15 is 0 Å². The molecule has 0 bridgehead atoms. The molecular formula is C28H35N3O2S. The average Bonchev–Trinajstić information content (AvgIpc) is 3.38. The van der Waals surface area contributed by atoms with Crippen LogP contribution in [-0.4, -0.2) is 67.3 Å². The van der Waals surface area contributed by atoms with Crippen molar-refractivity contribution in [2.75, 3.05) is 47.4 Å². The molecule has 0 saturated carbocycles. The van der Waals surface area contributed by atoms with E-state index in [2.05, 4.69) is 64.3 Å². The zero-order valence-corrected chi connectivity index (χ0v) is 21.2. The van der Waals surface area contributed by atoms with Crippen LogP contribution in [0, 0.1) is 23.7 Å². The molecule has 6 heteroatoms. The first-order chi connectivity index (χ1) is 16.6. The Morgan fingerprint density at radius 1 is 1.26 bits per heavy atom. The van der Waals surface area contributed by atoms with Crippen molar-refractivity contribution in [2.24, 2.45) is 11.8 Å². The van der Waals surface area contributed by atoms with Crippen molar-refractivity contribution in [3.8, 4) is 17.6 Å². The van der Waals surface area contributed by atoms with Gasteiger partial charge in [-0.05, 0) is 93.0 Å². The Hall–Kier alpha value is -2.43. The first-order valence-corrected chi connectivity index (χ1v) is 12.9. The Kier molecular flexibility index (Phi) is 8.58. The van der Waals surface area contributed by atoms with Gasteiger partial charge in [0.15, 0.2) is 0 Å². The fourth-order valence-corrected chi connectivity index (χ4v) is 5.69. The van der Waals surface area contributed by atoms with Crippen molar-refractivity contribution >= 4 is 22.2 Å². The average molecular weight is 478 g/mol. The molecule has 3 atom stereocenters. The van der Waals surface area contributed by atoms with Crippen LogP contribution < -0.4 is 4.74 Å². The molecule has 180 valence electrons. The second-order valence-electron chi connectivity index (χ2n) is 9.35. The number of nitrogens with zero attached hydrogens (tertiary/aromatic N) is 3. The number of hydrogen-bond acceptors (Lipinski definition) is 6. The van der Waals surface area contributed by atoms with Crippen LogP contribution >= 0.6 is 11.3 Å². The van der Waals surface area contributed by atoms with Crippen LogP contribution in [0.15, 0.2) is 48.0 Å². The summed E-state index contributed by atoms with van der Waals surface area (Å²) in [7, 11) is 6.00. The van der Waals surface area contributed by atoms with Crippen molar-refractivity contribution in [1.82, 2.24) is 14.8 Å². The van der Waals surface area contributed by atoms with E-state index in [4.69, 9.17) is 4.74 Å². The van der Waals surface area contributed by atoms with Gasteiger partial charge in [-0.25, -0.2) is 0 Å². The summed E-state index contributed by atoms with van der Waals surface area (Å²) in [5, 5.41) is 13.4. The Morgan fingerprint density at radius 2 is 2.15 bits per heavy atom. The van der Waals surface area contributed by atoms with Gasteiger partial charge in [0.1, 0.15) is 5.75 Å². The van der Waals surface area contributed by atoms with Crippen molar-refractivity contribution in [1.29, 1.82) is 0 Å². The first kappa shape index (κ1) is 24.7. The van der Waals surface area contributed by atoms with Gasteiger partial charge in [0.05, 0.1) is 24.0 Å². The van der Waals surface area contributed by atoms with Crippen molar-refractivity contribution in [2.45, 2.75) is 25.3 Å². The van der Waals surface area contributed by atoms with Crippen LogP contribution in [-0.2, 0) is 0 Å². The summed E-state index contributed by atoms with van der Waals surface area (Å²) < 4.78 is 5.48. The fraction of sp³-hybridized carbons (Fsp3) is 0.464. The van der Waals surface area contributed by atoms with Crippen molar-refractivity contribution in [3.63, 3.8) is 0 Å². The topological polar surface area (TPSA) is 48.8 Å². The Balaban J connectivity index is 1.41. The minimum Gasteiger partial charge on any atom is -0.497 e. The number of likely N-dealkylation sites (tertiary alicyclic amines) is 1. The van der Waals surface area contributed by atoms with Crippen molar-refractivity contribution < 1.29 is 9.84 Å². The number of methoxy groups -OCH3 is 1. The predicted octanol–water partition coefficient (Wildman–Crippen LogP) is 4.67. The number of fused-ring (bicyclic) bond motifs is 1. The van der Waals surface area contributed by atoms with Gasteiger partial charge in [-0.2, -0.15) is 0 Å². The molecule has 0 unspecified atom stereocenters. The Bertz CT molecular complexity index is 1120. The lowest BCUT2D eigenvalue weighted by molar-refractivity contribution is 0.0707. The molecule has 4 rings (SSSR count). The number of pyridine rings is 1. The molecule has 3 heterocycles. The molecule has 1 aliphatic heterocycles. The van der Waals surface area contributed by atoms with Crippen LogP contribution in [0.1, 0.15) is 35.7 Å². The minimum atomic E-state index is 0.238. The minimum absolute atomic E-state index is 0.238. The van der Waals surface area contributed by atoms with Gasteiger partial charge in [0.25, 0.3) is 0 Å². The standard InChI is InChI=1S/C28H35N3O2S/c1-30(2)28(25-12-14-29-27-10-9-23(33-3)18-26(25)27)11-8-21-13-16-31(19-22(21)20-32)15-4-6-24-7-5-17-34-24/h5,7,9-10,12,14,17-18,21-22,28,32H,8,11,13,15-16,19-20H2,1-3H3/t21-,22-,28+/m1/s1. The second kappa shape index (κ2) is 11.8. The molecule has 34 heavy (non-hydrogen) atoms. The van der Waals surface area contributed by atoms with Crippen LogP contribution in [0.3, 0.4) is 0 Å². The number of ether oxygens (including phenoxy) is 1. The fourth-order valence-electron chi connectivity index (χ4n) is 5.10. The molecule has 1 aromatic carbocycles. The van der Waals surface area contributed by atoms with E-state index in [1.54, 1.807) is 18.4 Å². The molecule has 1 fully saturated rings. The summed E-state index contributed by atoms with van der Waals surface area (Å²) in [5.74, 6) is 8.25. The molecule has 2 aromatic heterocycles. The molecule has 0 spiro atoms. The third kappa shape index (κ3) is 5.97. The van der Waals surface area contributed by atoms with Crippen LogP contribution in [0.5, 0.6) is 5.75 Å². The second-order valence-corrected chi connectivity index (χ2v) is 10.3. The summed E-state index contributed by atoms with van der Waals surface area (Å²) in [5.41, 5.74) is 2.28. The van der Waals surface area contributed by atoms with Crippen LogP contribution in [0.25, 0.3) is 10.9 Å². The number of thiophene rings is 1. The van der Waals surface area contributed by atoms with Gasteiger partial charge in [-0.1, -0.05) is 17.9 Å². The van der Waals surface area contributed by atoms with Gasteiger partial charge in [-0.15, -0.1) is 11.3 Å². The SMILES string of the molecule is COc1ccc2nccc([C@H](CC[C@@H]3CCN(CC#Cc4cccs4)C[C@@H]3CO)N(C)C)c2c1. The molecule has 0 aliphatic carbocycles. The summed E-state index contributed by atoms with van der Waals surface area (Å²) in [6.45, 7) is 2.97. The highest BCUT2D eigenvalue weighted by molar-refractivity contribution is 7.10. The largest absolute Gasteiger partial charge is 0.497 e. The molecule has 1 saturated heterocycles.